The van der Waals surface area contributed by atoms with Gasteiger partial charge in [-0.2, -0.15) is 0 Å². The summed E-state index contributed by atoms with van der Waals surface area (Å²) in [5.41, 5.74) is 0.670. The van der Waals surface area contributed by atoms with Gasteiger partial charge in [0.25, 0.3) is 0 Å². The molecule has 1 nitrogen and oxygen atoms in total. The van der Waals surface area contributed by atoms with Gasteiger partial charge < -0.3 is 0 Å². The maximum Gasteiger partial charge on any atom is 0.235 e. The Labute approximate surface area is 86.5 Å². The standard InChI is InChI=1S/C7H3I2O/c8-6-2-1-3-7(9)5(6)4-10/h1-3H. The van der Waals surface area contributed by atoms with Crippen molar-refractivity contribution in [3.63, 3.8) is 0 Å². The molecule has 0 unspecified atom stereocenters. The van der Waals surface area contributed by atoms with Crippen LogP contribution in [-0.2, 0) is 4.79 Å². The SMILES string of the molecule is O=[C]c1c(I)cccc1I. The van der Waals surface area contributed by atoms with Crippen molar-refractivity contribution in [2.75, 3.05) is 0 Å². The molecule has 0 bridgehead atoms. The van der Waals surface area contributed by atoms with Crippen molar-refractivity contribution in [2.45, 2.75) is 0 Å². The largest absolute Gasteiger partial charge is 0.285 e. The van der Waals surface area contributed by atoms with Gasteiger partial charge in [0.05, 0.1) is 5.56 Å². The van der Waals surface area contributed by atoms with Crippen LogP contribution in [0.1, 0.15) is 5.56 Å². The van der Waals surface area contributed by atoms with Crippen LogP contribution in [0.3, 0.4) is 0 Å². The minimum atomic E-state index is 0.670. The minimum absolute atomic E-state index is 0.670. The molecule has 0 heterocycles. The van der Waals surface area contributed by atoms with Crippen LogP contribution < -0.4 is 0 Å². The molecule has 1 aromatic rings. The smallest absolute Gasteiger partial charge is 0.235 e. The maximum absolute atomic E-state index is 10.3. The average Bonchev–Trinajstić information content (AvgIpc) is 1.88. The van der Waals surface area contributed by atoms with Crippen LogP contribution in [0.2, 0.25) is 0 Å². The third-order valence-electron chi connectivity index (χ3n) is 1.06. The monoisotopic (exact) mass is 357 g/mol. The first-order chi connectivity index (χ1) is 4.75. The van der Waals surface area contributed by atoms with Gasteiger partial charge in [-0.1, -0.05) is 6.07 Å². The molecule has 10 heavy (non-hydrogen) atoms. The number of carbonyl (C=O) groups excluding carboxylic acids is 1. The molecule has 0 amide bonds. The van der Waals surface area contributed by atoms with E-state index >= 15 is 0 Å². The molecule has 0 atom stereocenters. The summed E-state index contributed by atoms with van der Waals surface area (Å²) in [6, 6.07) is 5.70. The number of benzene rings is 1. The molecule has 1 aromatic carbocycles. The first-order valence-corrected chi connectivity index (χ1v) is 4.73. The van der Waals surface area contributed by atoms with E-state index in [1.165, 1.54) is 0 Å². The summed E-state index contributed by atoms with van der Waals surface area (Å²) in [6.45, 7) is 0. The highest BCUT2D eigenvalue weighted by Crippen LogP contribution is 2.16. The summed E-state index contributed by atoms with van der Waals surface area (Å²) < 4.78 is 1.92. The molecular weight excluding hydrogens is 354 g/mol. The van der Waals surface area contributed by atoms with Gasteiger partial charge in [-0.25, -0.2) is 0 Å². The number of rotatable bonds is 1. The number of hydrogen-bond donors (Lipinski definition) is 0. The van der Waals surface area contributed by atoms with Crippen LogP contribution in [0.5, 0.6) is 0 Å². The van der Waals surface area contributed by atoms with Crippen molar-refractivity contribution in [3.8, 4) is 0 Å². The Hall–Kier alpha value is 0.350. The Morgan fingerprint density at radius 3 is 2.00 bits per heavy atom. The maximum atomic E-state index is 10.3. The zero-order valence-corrected chi connectivity index (χ0v) is 9.21. The molecule has 0 spiro atoms. The van der Waals surface area contributed by atoms with Crippen molar-refractivity contribution in [1.82, 2.24) is 0 Å². The lowest BCUT2D eigenvalue weighted by atomic mass is 10.2. The molecule has 0 saturated heterocycles. The highest BCUT2D eigenvalue weighted by molar-refractivity contribution is 14.1. The van der Waals surface area contributed by atoms with E-state index in [1.54, 1.807) is 0 Å². The number of hydrogen-bond acceptors (Lipinski definition) is 1. The van der Waals surface area contributed by atoms with Gasteiger partial charge in [-0.3, -0.25) is 4.79 Å². The summed E-state index contributed by atoms with van der Waals surface area (Å²) in [6.07, 6.45) is 1.90. The van der Waals surface area contributed by atoms with Gasteiger partial charge in [-0.05, 0) is 57.3 Å². The minimum Gasteiger partial charge on any atom is -0.285 e. The van der Waals surface area contributed by atoms with Crippen LogP contribution in [-0.4, -0.2) is 6.29 Å². The second-order valence-electron chi connectivity index (χ2n) is 1.70. The number of halogens is 2. The molecule has 0 N–H and O–H groups in total. The van der Waals surface area contributed by atoms with E-state index in [-0.39, 0.29) is 0 Å². The Morgan fingerprint density at radius 1 is 1.20 bits per heavy atom. The van der Waals surface area contributed by atoms with Crippen molar-refractivity contribution >= 4 is 51.5 Å². The molecule has 0 aliphatic rings. The lowest BCUT2D eigenvalue weighted by Gasteiger charge is -1.95. The second kappa shape index (κ2) is 3.66. The summed E-state index contributed by atoms with van der Waals surface area (Å²) in [4.78, 5) is 10.3. The Bertz CT molecular complexity index is 238. The van der Waals surface area contributed by atoms with Gasteiger partial charge in [0.15, 0.2) is 0 Å². The highest BCUT2D eigenvalue weighted by Gasteiger charge is 2.01. The zero-order chi connectivity index (χ0) is 7.56. The van der Waals surface area contributed by atoms with Crippen LogP contribution in [0.25, 0.3) is 0 Å². The van der Waals surface area contributed by atoms with Crippen molar-refractivity contribution in [2.24, 2.45) is 0 Å². The Morgan fingerprint density at radius 2 is 1.70 bits per heavy atom. The van der Waals surface area contributed by atoms with Crippen LogP contribution in [0, 0.1) is 7.14 Å². The average molecular weight is 357 g/mol. The summed E-state index contributed by atoms with van der Waals surface area (Å²) in [5.74, 6) is 0. The van der Waals surface area contributed by atoms with Crippen molar-refractivity contribution in [1.29, 1.82) is 0 Å². The molecule has 0 saturated carbocycles. The van der Waals surface area contributed by atoms with Crippen LogP contribution in [0.4, 0.5) is 0 Å². The van der Waals surface area contributed by atoms with E-state index in [9.17, 15) is 4.79 Å². The third-order valence-corrected chi connectivity index (χ3v) is 2.86. The van der Waals surface area contributed by atoms with Crippen molar-refractivity contribution in [3.05, 3.63) is 30.9 Å². The molecule has 0 aliphatic carbocycles. The molecule has 0 fully saturated rings. The van der Waals surface area contributed by atoms with Crippen molar-refractivity contribution < 1.29 is 4.79 Å². The quantitative estimate of drug-likeness (QED) is 0.706. The molecule has 3 heteroatoms. The van der Waals surface area contributed by atoms with Gasteiger partial charge in [0.1, 0.15) is 0 Å². The van der Waals surface area contributed by atoms with E-state index in [4.69, 9.17) is 0 Å². The van der Waals surface area contributed by atoms with E-state index < -0.39 is 0 Å². The Balaban J connectivity index is 3.30. The lowest BCUT2D eigenvalue weighted by Crippen LogP contribution is -1.89. The molecule has 1 radical (unpaired) electrons. The fourth-order valence-corrected chi connectivity index (χ4v) is 2.33. The molecule has 1 rings (SSSR count). The lowest BCUT2D eigenvalue weighted by molar-refractivity contribution is 0.562. The molecule has 51 valence electrons. The van der Waals surface area contributed by atoms with Gasteiger partial charge in [-0.15, -0.1) is 0 Å². The van der Waals surface area contributed by atoms with E-state index in [1.807, 2.05) is 24.5 Å². The van der Waals surface area contributed by atoms with Gasteiger partial charge in [0.2, 0.25) is 6.29 Å². The van der Waals surface area contributed by atoms with Crippen LogP contribution >= 0.6 is 45.2 Å². The van der Waals surface area contributed by atoms with E-state index in [0.29, 0.717) is 5.56 Å². The summed E-state index contributed by atoms with van der Waals surface area (Å²) in [7, 11) is 0. The fraction of sp³-hybridized carbons (Fsp3) is 0. The predicted octanol–water partition coefficient (Wildman–Crippen LogP) is 2.35. The zero-order valence-electron chi connectivity index (χ0n) is 4.90. The Kier molecular flexibility index (Phi) is 3.09. The summed E-state index contributed by atoms with van der Waals surface area (Å²) in [5, 5.41) is 0. The normalized spacial score (nSPS) is 9.40. The van der Waals surface area contributed by atoms with Gasteiger partial charge in [0, 0.05) is 7.14 Å². The topological polar surface area (TPSA) is 17.1 Å². The van der Waals surface area contributed by atoms with Crippen LogP contribution in [0.15, 0.2) is 18.2 Å². The third kappa shape index (κ3) is 1.69. The van der Waals surface area contributed by atoms with E-state index in [0.717, 1.165) is 7.14 Å². The molecular formula is C7H3I2O. The first-order valence-electron chi connectivity index (χ1n) is 2.58. The predicted molar refractivity (Wildman–Crippen MR) is 56.7 cm³/mol. The fourth-order valence-electron chi connectivity index (χ4n) is 0.595. The van der Waals surface area contributed by atoms with E-state index in [2.05, 4.69) is 45.2 Å². The molecule has 0 aromatic heterocycles. The summed E-state index contributed by atoms with van der Waals surface area (Å²) >= 11 is 4.24. The second-order valence-corrected chi connectivity index (χ2v) is 4.02. The molecule has 0 aliphatic heterocycles. The highest BCUT2D eigenvalue weighted by atomic mass is 127. The first kappa shape index (κ1) is 8.45. The van der Waals surface area contributed by atoms with Gasteiger partial charge >= 0.3 is 0 Å².